The van der Waals surface area contributed by atoms with Crippen molar-refractivity contribution in [3.63, 3.8) is 0 Å². The number of carbonyl (C=O) groups excluding carboxylic acids is 1. The molecular formula is C23H29ClN6O. The smallest absolute Gasteiger partial charge is 0.281 e. The lowest BCUT2D eigenvalue weighted by Crippen LogP contribution is -2.50. The van der Waals surface area contributed by atoms with E-state index in [9.17, 15) is 4.79 Å². The van der Waals surface area contributed by atoms with Crippen LogP contribution in [0.3, 0.4) is 0 Å². The van der Waals surface area contributed by atoms with Crippen LogP contribution in [0.1, 0.15) is 60.6 Å². The molecule has 2 aromatic rings. The molecule has 1 N–H and O–H groups in total. The number of halogens is 1. The molecule has 0 bridgehead atoms. The zero-order valence-corrected chi connectivity index (χ0v) is 19.0. The van der Waals surface area contributed by atoms with Gasteiger partial charge in [0.15, 0.2) is 11.5 Å². The molecule has 1 fully saturated rings. The number of anilines is 2. The topological polar surface area (TPSA) is 65.8 Å². The predicted octanol–water partition coefficient (Wildman–Crippen LogP) is 4.29. The molecule has 1 amide bonds. The van der Waals surface area contributed by atoms with Crippen molar-refractivity contribution >= 4 is 35.2 Å². The van der Waals surface area contributed by atoms with Crippen LogP contribution < -0.4 is 10.2 Å². The summed E-state index contributed by atoms with van der Waals surface area (Å²) in [5.41, 5.74) is 2.74. The molecule has 0 saturated heterocycles. The summed E-state index contributed by atoms with van der Waals surface area (Å²) in [5, 5.41) is 4.41. The van der Waals surface area contributed by atoms with Crippen LogP contribution in [0.4, 0.5) is 11.8 Å². The van der Waals surface area contributed by atoms with Gasteiger partial charge in [0.05, 0.1) is 13.1 Å². The monoisotopic (exact) mass is 440 g/mol. The Balaban J connectivity index is 1.59. The lowest BCUT2D eigenvalue weighted by molar-refractivity contribution is 0.0836. The number of hydrogen-bond donors (Lipinski definition) is 1. The summed E-state index contributed by atoms with van der Waals surface area (Å²) in [6.07, 6.45) is 6.04. The van der Waals surface area contributed by atoms with E-state index in [1.54, 1.807) is 4.90 Å². The highest BCUT2D eigenvalue weighted by atomic mass is 35.5. The second-order valence-corrected chi connectivity index (χ2v) is 9.05. The Morgan fingerprint density at radius 2 is 2.03 bits per heavy atom. The van der Waals surface area contributed by atoms with Crippen molar-refractivity contribution in [2.45, 2.75) is 58.5 Å². The molecule has 1 aromatic carbocycles. The first-order chi connectivity index (χ1) is 15.1. The summed E-state index contributed by atoms with van der Waals surface area (Å²) >= 11 is 6.40. The molecule has 31 heavy (non-hydrogen) atoms. The van der Waals surface area contributed by atoms with Gasteiger partial charge in [-0.15, -0.1) is 0 Å². The Kier molecular flexibility index (Phi) is 5.38. The molecule has 0 atom stereocenters. The Morgan fingerprint density at radius 1 is 1.23 bits per heavy atom. The number of aromatic nitrogens is 2. The maximum absolute atomic E-state index is 13.5. The fraction of sp³-hybridized carbons (Fsp3) is 0.522. The maximum atomic E-state index is 13.5. The van der Waals surface area contributed by atoms with Crippen LogP contribution in [0.25, 0.3) is 0 Å². The fourth-order valence-electron chi connectivity index (χ4n) is 4.82. The number of nitrogens with one attached hydrogen (secondary N) is 1. The number of carbonyl (C=O) groups is 1. The first-order valence-corrected chi connectivity index (χ1v) is 11.7. The van der Waals surface area contributed by atoms with Crippen LogP contribution in [0, 0.1) is 6.92 Å². The number of amides is 1. The first-order valence-electron chi connectivity index (χ1n) is 11.3. The summed E-state index contributed by atoms with van der Waals surface area (Å²) in [4.78, 5) is 26.9. The van der Waals surface area contributed by atoms with E-state index in [0.717, 1.165) is 53.3 Å². The van der Waals surface area contributed by atoms with E-state index >= 15 is 0 Å². The molecule has 2 aliphatic heterocycles. The van der Waals surface area contributed by atoms with Crippen LogP contribution >= 0.6 is 11.6 Å². The van der Waals surface area contributed by atoms with E-state index in [1.807, 2.05) is 30.5 Å². The molecule has 1 saturated carbocycles. The average molecular weight is 441 g/mol. The normalized spacial score (nSPS) is 18.8. The van der Waals surface area contributed by atoms with E-state index < -0.39 is 0 Å². The van der Waals surface area contributed by atoms with Crippen molar-refractivity contribution in [1.82, 2.24) is 14.5 Å². The van der Waals surface area contributed by atoms with Gasteiger partial charge in [0.2, 0.25) is 11.9 Å². The molecule has 3 aliphatic rings. The van der Waals surface area contributed by atoms with Crippen molar-refractivity contribution in [3.05, 3.63) is 40.0 Å². The zero-order chi connectivity index (χ0) is 21.5. The molecule has 0 spiro atoms. The summed E-state index contributed by atoms with van der Waals surface area (Å²) in [7, 11) is 0. The van der Waals surface area contributed by atoms with Gasteiger partial charge in [0, 0.05) is 24.2 Å². The van der Waals surface area contributed by atoms with Gasteiger partial charge in [-0.25, -0.2) is 0 Å². The highest BCUT2D eigenvalue weighted by Gasteiger charge is 2.41. The number of imidazole rings is 1. The Labute approximate surface area is 188 Å². The second kappa shape index (κ2) is 8.19. The van der Waals surface area contributed by atoms with Gasteiger partial charge >= 0.3 is 0 Å². The van der Waals surface area contributed by atoms with Crippen molar-refractivity contribution < 1.29 is 4.79 Å². The average Bonchev–Trinajstić information content (AvgIpc) is 3.38. The van der Waals surface area contributed by atoms with Crippen LogP contribution in [0.5, 0.6) is 0 Å². The van der Waals surface area contributed by atoms with Crippen LogP contribution in [-0.4, -0.2) is 52.0 Å². The van der Waals surface area contributed by atoms with Gasteiger partial charge < -0.3 is 5.32 Å². The molecule has 0 radical (unpaired) electrons. The van der Waals surface area contributed by atoms with Gasteiger partial charge in [0.1, 0.15) is 0 Å². The highest BCUT2D eigenvalue weighted by Crippen LogP contribution is 2.34. The first kappa shape index (κ1) is 20.4. The van der Waals surface area contributed by atoms with Gasteiger partial charge in [-0.2, -0.15) is 4.98 Å². The second-order valence-electron chi connectivity index (χ2n) is 8.64. The molecule has 8 heteroatoms. The number of benzene rings is 1. The Bertz CT molecular complexity index is 1040. The third-order valence-electron chi connectivity index (χ3n) is 6.54. The minimum Gasteiger partial charge on any atom is -0.353 e. The van der Waals surface area contributed by atoms with E-state index in [-0.39, 0.29) is 5.91 Å². The van der Waals surface area contributed by atoms with E-state index in [2.05, 4.69) is 21.3 Å². The molecule has 7 nitrogen and oxygen atoms in total. The van der Waals surface area contributed by atoms with E-state index in [0.29, 0.717) is 31.4 Å². The summed E-state index contributed by atoms with van der Waals surface area (Å²) < 4.78 is 2.05. The van der Waals surface area contributed by atoms with Crippen molar-refractivity contribution in [2.24, 2.45) is 4.99 Å². The predicted molar refractivity (Wildman–Crippen MR) is 124 cm³/mol. The Morgan fingerprint density at radius 3 is 2.77 bits per heavy atom. The summed E-state index contributed by atoms with van der Waals surface area (Å²) in [6, 6.07) is 6.48. The lowest BCUT2D eigenvalue weighted by Gasteiger charge is -2.32. The summed E-state index contributed by atoms with van der Waals surface area (Å²) in [5.74, 6) is 2.19. The minimum absolute atomic E-state index is 0.0307. The van der Waals surface area contributed by atoms with Crippen molar-refractivity contribution in [3.8, 4) is 0 Å². The number of hydrogen-bond acceptors (Lipinski definition) is 5. The number of aliphatic imine (C=N–C) groups is 1. The zero-order valence-electron chi connectivity index (χ0n) is 18.2. The third-order valence-corrected chi connectivity index (χ3v) is 6.95. The van der Waals surface area contributed by atoms with Crippen molar-refractivity contribution in [1.29, 1.82) is 0 Å². The number of fused-ring (bicyclic) bond motifs is 3. The molecule has 164 valence electrons. The third kappa shape index (κ3) is 3.59. The van der Waals surface area contributed by atoms with Crippen LogP contribution in [0.2, 0.25) is 5.02 Å². The molecule has 3 heterocycles. The number of aryl methyl sites for hydroxylation is 1. The number of guanidine groups is 1. The SMILES string of the molecule is CCN1C(=O)c2c(nc(NC3CCCCC3)n2Cc2ccc(C)c(Cl)c2)N2CCN=C12. The number of rotatable bonds is 5. The van der Waals surface area contributed by atoms with Crippen LogP contribution in [-0.2, 0) is 6.54 Å². The Hall–Kier alpha value is -2.54. The minimum atomic E-state index is -0.0307. The van der Waals surface area contributed by atoms with Gasteiger partial charge in [0.25, 0.3) is 5.91 Å². The van der Waals surface area contributed by atoms with Gasteiger partial charge in [-0.05, 0) is 43.9 Å². The fourth-order valence-corrected chi connectivity index (χ4v) is 5.02. The quantitative estimate of drug-likeness (QED) is 0.753. The van der Waals surface area contributed by atoms with E-state index in [1.165, 1.54) is 19.3 Å². The van der Waals surface area contributed by atoms with Gasteiger partial charge in [-0.1, -0.05) is 43.0 Å². The molecule has 5 rings (SSSR count). The molecule has 1 aromatic heterocycles. The van der Waals surface area contributed by atoms with Crippen LogP contribution in [0.15, 0.2) is 23.2 Å². The standard InChI is InChI=1S/C23H29ClN6O/c1-3-28-21(31)19-20(29-12-11-25-23(28)29)27-22(26-17-7-5-4-6-8-17)30(19)14-16-10-9-15(2)18(24)13-16/h9-10,13,17H,3-8,11-12,14H2,1-2H3,(H,26,27). The number of nitrogens with zero attached hydrogens (tertiary/aromatic N) is 5. The molecule has 1 aliphatic carbocycles. The largest absolute Gasteiger partial charge is 0.353 e. The maximum Gasteiger partial charge on any atom is 0.281 e. The lowest BCUT2D eigenvalue weighted by atomic mass is 9.96. The summed E-state index contributed by atoms with van der Waals surface area (Å²) in [6.45, 7) is 6.55. The van der Waals surface area contributed by atoms with Crippen molar-refractivity contribution in [2.75, 3.05) is 29.9 Å². The van der Waals surface area contributed by atoms with Gasteiger partial charge in [-0.3, -0.25) is 24.2 Å². The molecule has 0 unspecified atom stereocenters. The molecular weight excluding hydrogens is 412 g/mol. The highest BCUT2D eigenvalue weighted by molar-refractivity contribution is 6.31. The van der Waals surface area contributed by atoms with E-state index in [4.69, 9.17) is 16.6 Å².